The standard InChI is InChI=1S/C25H28F3N3O/c1-17(2)14-15-31(3)23-12-7-19-16-21(10-11-22(19)30-23)29-24(32)13-6-18-4-8-20(9-5-18)25(26,27)28/h4-5,7-12,16-17H,6,13-15H2,1-3H3,(H,29,32). The van der Waals surface area contributed by atoms with Gasteiger partial charge in [0.15, 0.2) is 0 Å². The Morgan fingerprint density at radius 3 is 2.44 bits per heavy atom. The van der Waals surface area contributed by atoms with Crippen molar-refractivity contribution >= 4 is 28.3 Å². The van der Waals surface area contributed by atoms with Crippen molar-refractivity contribution in [3.8, 4) is 0 Å². The monoisotopic (exact) mass is 443 g/mol. The highest BCUT2D eigenvalue weighted by molar-refractivity contribution is 5.94. The normalized spacial score (nSPS) is 11.7. The number of nitrogens with zero attached hydrogens (tertiary/aromatic N) is 2. The summed E-state index contributed by atoms with van der Waals surface area (Å²) in [6, 6.07) is 14.4. The zero-order valence-corrected chi connectivity index (χ0v) is 18.5. The van der Waals surface area contributed by atoms with Gasteiger partial charge in [-0.25, -0.2) is 4.98 Å². The molecule has 0 saturated heterocycles. The molecule has 32 heavy (non-hydrogen) atoms. The van der Waals surface area contributed by atoms with E-state index in [4.69, 9.17) is 4.98 Å². The number of aryl methyl sites for hydroxylation is 1. The number of amides is 1. The number of hydrogen-bond donors (Lipinski definition) is 1. The molecular formula is C25H28F3N3O. The fraction of sp³-hybridized carbons (Fsp3) is 0.360. The van der Waals surface area contributed by atoms with E-state index >= 15 is 0 Å². The average molecular weight is 444 g/mol. The second-order valence-electron chi connectivity index (χ2n) is 8.42. The summed E-state index contributed by atoms with van der Waals surface area (Å²) in [5.74, 6) is 1.34. The van der Waals surface area contributed by atoms with Crippen LogP contribution in [0.15, 0.2) is 54.6 Å². The van der Waals surface area contributed by atoms with Gasteiger partial charge in [0.2, 0.25) is 5.91 Å². The number of nitrogens with one attached hydrogen (secondary N) is 1. The summed E-state index contributed by atoms with van der Waals surface area (Å²) >= 11 is 0. The molecule has 2 aromatic carbocycles. The van der Waals surface area contributed by atoms with Gasteiger partial charge in [0, 0.05) is 31.1 Å². The van der Waals surface area contributed by atoms with Crippen LogP contribution in [0.1, 0.15) is 37.8 Å². The summed E-state index contributed by atoms with van der Waals surface area (Å²) in [7, 11) is 2.03. The quantitative estimate of drug-likeness (QED) is 0.444. The van der Waals surface area contributed by atoms with Crippen molar-refractivity contribution in [1.82, 2.24) is 4.98 Å². The van der Waals surface area contributed by atoms with Gasteiger partial charge in [-0.3, -0.25) is 4.79 Å². The molecule has 1 amide bonds. The predicted molar refractivity (Wildman–Crippen MR) is 123 cm³/mol. The van der Waals surface area contributed by atoms with E-state index in [1.807, 2.05) is 37.4 Å². The van der Waals surface area contributed by atoms with E-state index in [-0.39, 0.29) is 12.3 Å². The maximum Gasteiger partial charge on any atom is 0.416 e. The molecule has 0 aliphatic carbocycles. The van der Waals surface area contributed by atoms with Gasteiger partial charge < -0.3 is 10.2 Å². The van der Waals surface area contributed by atoms with Crippen molar-refractivity contribution in [2.45, 2.75) is 39.3 Å². The Kier molecular flexibility index (Phi) is 7.38. The molecule has 3 rings (SSSR count). The van der Waals surface area contributed by atoms with Crippen LogP contribution in [0.2, 0.25) is 0 Å². The summed E-state index contributed by atoms with van der Waals surface area (Å²) in [5, 5.41) is 3.78. The Hall–Kier alpha value is -3.09. The summed E-state index contributed by atoms with van der Waals surface area (Å²) in [6.45, 7) is 5.32. The number of halogens is 3. The number of carbonyl (C=O) groups excluding carboxylic acids is 1. The van der Waals surface area contributed by atoms with Gasteiger partial charge in [-0.1, -0.05) is 26.0 Å². The van der Waals surface area contributed by atoms with Crippen LogP contribution in [0.25, 0.3) is 10.9 Å². The smallest absolute Gasteiger partial charge is 0.360 e. The first-order valence-corrected chi connectivity index (χ1v) is 10.7. The maximum absolute atomic E-state index is 12.6. The van der Waals surface area contributed by atoms with Crippen LogP contribution >= 0.6 is 0 Å². The number of hydrogen-bond acceptors (Lipinski definition) is 3. The Morgan fingerprint density at radius 2 is 1.78 bits per heavy atom. The van der Waals surface area contributed by atoms with E-state index in [1.54, 1.807) is 0 Å². The van der Waals surface area contributed by atoms with E-state index in [0.717, 1.165) is 41.8 Å². The molecule has 1 aromatic heterocycles. The van der Waals surface area contributed by atoms with Gasteiger partial charge in [-0.15, -0.1) is 0 Å². The van der Waals surface area contributed by atoms with Crippen molar-refractivity contribution in [2.75, 3.05) is 23.8 Å². The highest BCUT2D eigenvalue weighted by atomic mass is 19.4. The zero-order chi connectivity index (χ0) is 23.3. The molecule has 0 bridgehead atoms. The highest BCUT2D eigenvalue weighted by Crippen LogP contribution is 2.29. The number of rotatable bonds is 8. The summed E-state index contributed by atoms with van der Waals surface area (Å²) in [6.07, 6.45) is -2.72. The second kappa shape index (κ2) is 10.0. The number of benzene rings is 2. The minimum Gasteiger partial charge on any atom is -0.360 e. The zero-order valence-electron chi connectivity index (χ0n) is 18.5. The number of fused-ring (bicyclic) bond motifs is 1. The van der Waals surface area contributed by atoms with E-state index in [9.17, 15) is 18.0 Å². The minimum atomic E-state index is -4.36. The number of aromatic nitrogens is 1. The van der Waals surface area contributed by atoms with Crippen LogP contribution in [-0.4, -0.2) is 24.5 Å². The largest absolute Gasteiger partial charge is 0.416 e. The number of alkyl halides is 3. The van der Waals surface area contributed by atoms with Crippen LogP contribution in [0.4, 0.5) is 24.7 Å². The Balaban J connectivity index is 1.58. The van der Waals surface area contributed by atoms with E-state index in [0.29, 0.717) is 23.6 Å². The molecule has 0 saturated carbocycles. The van der Waals surface area contributed by atoms with Gasteiger partial charge in [0.25, 0.3) is 0 Å². The second-order valence-corrected chi connectivity index (χ2v) is 8.42. The first-order chi connectivity index (χ1) is 15.1. The molecule has 1 N–H and O–H groups in total. The molecule has 0 fully saturated rings. The number of pyridine rings is 1. The van der Waals surface area contributed by atoms with Crippen molar-refractivity contribution in [1.29, 1.82) is 0 Å². The topological polar surface area (TPSA) is 45.2 Å². The fourth-order valence-electron chi connectivity index (χ4n) is 3.31. The number of anilines is 2. The minimum absolute atomic E-state index is 0.182. The van der Waals surface area contributed by atoms with Gasteiger partial charge in [-0.2, -0.15) is 13.2 Å². The lowest BCUT2D eigenvalue weighted by atomic mass is 10.1. The molecule has 170 valence electrons. The van der Waals surface area contributed by atoms with Crippen LogP contribution in [-0.2, 0) is 17.4 Å². The molecule has 3 aromatic rings. The SMILES string of the molecule is CC(C)CCN(C)c1ccc2cc(NC(=O)CCc3ccc(C(F)(F)F)cc3)ccc2n1. The molecule has 4 nitrogen and oxygen atoms in total. The Morgan fingerprint density at radius 1 is 1.06 bits per heavy atom. The fourth-order valence-corrected chi connectivity index (χ4v) is 3.31. The first kappa shape index (κ1) is 23.6. The van der Waals surface area contributed by atoms with Crippen LogP contribution < -0.4 is 10.2 Å². The highest BCUT2D eigenvalue weighted by Gasteiger charge is 2.29. The first-order valence-electron chi connectivity index (χ1n) is 10.7. The lowest BCUT2D eigenvalue weighted by Gasteiger charge is -2.19. The summed E-state index contributed by atoms with van der Waals surface area (Å²) < 4.78 is 37.9. The number of carbonyl (C=O) groups is 1. The molecular weight excluding hydrogens is 415 g/mol. The molecule has 0 aliphatic rings. The van der Waals surface area contributed by atoms with E-state index in [2.05, 4.69) is 24.1 Å². The lowest BCUT2D eigenvalue weighted by Crippen LogP contribution is -2.20. The third kappa shape index (κ3) is 6.45. The van der Waals surface area contributed by atoms with Crippen molar-refractivity contribution in [3.63, 3.8) is 0 Å². The third-order valence-corrected chi connectivity index (χ3v) is 5.31. The van der Waals surface area contributed by atoms with Crippen LogP contribution in [0.5, 0.6) is 0 Å². The summed E-state index contributed by atoms with van der Waals surface area (Å²) in [4.78, 5) is 19.1. The van der Waals surface area contributed by atoms with Gasteiger partial charge in [0.1, 0.15) is 5.82 Å². The molecule has 0 spiro atoms. The average Bonchev–Trinajstić information content (AvgIpc) is 2.75. The van der Waals surface area contributed by atoms with Crippen molar-refractivity contribution in [3.05, 3.63) is 65.7 Å². The molecule has 0 radical (unpaired) electrons. The van der Waals surface area contributed by atoms with Gasteiger partial charge >= 0.3 is 6.18 Å². The Bertz CT molecular complexity index is 1060. The molecule has 0 unspecified atom stereocenters. The predicted octanol–water partition coefficient (Wildman–Crippen LogP) is 6.31. The Labute approximate surface area is 186 Å². The van der Waals surface area contributed by atoms with Crippen molar-refractivity contribution < 1.29 is 18.0 Å². The molecule has 0 atom stereocenters. The van der Waals surface area contributed by atoms with Gasteiger partial charge in [-0.05, 0) is 66.8 Å². The van der Waals surface area contributed by atoms with Crippen molar-refractivity contribution in [2.24, 2.45) is 5.92 Å². The summed E-state index contributed by atoms with van der Waals surface area (Å²) in [5.41, 5.74) is 1.51. The molecule has 0 aliphatic heterocycles. The van der Waals surface area contributed by atoms with Crippen LogP contribution in [0.3, 0.4) is 0 Å². The molecule has 1 heterocycles. The van der Waals surface area contributed by atoms with E-state index in [1.165, 1.54) is 12.1 Å². The van der Waals surface area contributed by atoms with Crippen LogP contribution in [0, 0.1) is 5.92 Å². The third-order valence-electron chi connectivity index (χ3n) is 5.31. The maximum atomic E-state index is 12.6. The lowest BCUT2D eigenvalue weighted by molar-refractivity contribution is -0.137. The van der Waals surface area contributed by atoms with Gasteiger partial charge in [0.05, 0.1) is 11.1 Å². The molecule has 7 heteroatoms. The van der Waals surface area contributed by atoms with E-state index < -0.39 is 11.7 Å².